The maximum absolute atomic E-state index is 6.01. The minimum Gasteiger partial charge on any atom is -0.459 e. The first-order valence-corrected chi connectivity index (χ1v) is 6.91. The van der Waals surface area contributed by atoms with Gasteiger partial charge in [-0.2, -0.15) is 0 Å². The van der Waals surface area contributed by atoms with Gasteiger partial charge >= 0.3 is 0 Å². The zero-order valence-corrected chi connectivity index (χ0v) is 11.8. The summed E-state index contributed by atoms with van der Waals surface area (Å²) in [4.78, 5) is 4.08. The lowest BCUT2D eigenvalue weighted by Crippen LogP contribution is -2.21. The summed E-state index contributed by atoms with van der Waals surface area (Å²) in [6, 6.07) is 12.5. The molecule has 0 saturated heterocycles. The summed E-state index contributed by atoms with van der Waals surface area (Å²) in [6.07, 6.45) is 3.62. The van der Waals surface area contributed by atoms with Crippen LogP contribution in [0.25, 0.3) is 11.0 Å². The molecule has 20 heavy (non-hydrogen) atoms. The summed E-state index contributed by atoms with van der Waals surface area (Å²) >= 11 is 0. The van der Waals surface area contributed by atoms with Gasteiger partial charge in [-0.1, -0.05) is 18.6 Å². The normalized spacial score (nSPS) is 12.7. The third-order valence-corrected chi connectivity index (χ3v) is 3.42. The summed E-state index contributed by atoms with van der Waals surface area (Å²) in [5.41, 5.74) is 3.34. The molecule has 3 rings (SSSR count). The summed E-state index contributed by atoms with van der Waals surface area (Å²) in [5.74, 6) is 0.943. The number of furan rings is 1. The van der Waals surface area contributed by atoms with Gasteiger partial charge in [-0.25, -0.2) is 0 Å². The van der Waals surface area contributed by atoms with Crippen LogP contribution in [0.15, 0.2) is 53.2 Å². The third-order valence-electron chi connectivity index (χ3n) is 3.42. The number of pyridine rings is 1. The van der Waals surface area contributed by atoms with Crippen molar-refractivity contribution in [1.82, 2.24) is 10.3 Å². The van der Waals surface area contributed by atoms with Crippen LogP contribution in [0.3, 0.4) is 0 Å². The Bertz CT molecular complexity index is 703. The summed E-state index contributed by atoms with van der Waals surface area (Å²) in [5, 5.41) is 4.62. The Morgan fingerprint density at radius 1 is 1.15 bits per heavy atom. The fourth-order valence-corrected chi connectivity index (χ4v) is 2.47. The van der Waals surface area contributed by atoms with E-state index in [1.54, 1.807) is 0 Å². The van der Waals surface area contributed by atoms with E-state index in [9.17, 15) is 0 Å². The molecule has 0 radical (unpaired) electrons. The largest absolute Gasteiger partial charge is 0.459 e. The van der Waals surface area contributed by atoms with Gasteiger partial charge in [0.2, 0.25) is 0 Å². The van der Waals surface area contributed by atoms with Crippen molar-refractivity contribution in [3.8, 4) is 0 Å². The van der Waals surface area contributed by atoms with Gasteiger partial charge in [0.1, 0.15) is 11.3 Å². The highest BCUT2D eigenvalue weighted by Crippen LogP contribution is 2.28. The highest BCUT2D eigenvalue weighted by molar-refractivity contribution is 5.78. The van der Waals surface area contributed by atoms with E-state index in [-0.39, 0.29) is 6.04 Å². The van der Waals surface area contributed by atoms with Gasteiger partial charge in [-0.15, -0.1) is 0 Å². The van der Waals surface area contributed by atoms with E-state index < -0.39 is 0 Å². The highest BCUT2D eigenvalue weighted by atomic mass is 16.3. The van der Waals surface area contributed by atoms with Gasteiger partial charge in [0.05, 0.1) is 6.04 Å². The van der Waals surface area contributed by atoms with Crippen LogP contribution in [0.2, 0.25) is 0 Å². The number of aromatic nitrogens is 1. The zero-order chi connectivity index (χ0) is 13.9. The highest BCUT2D eigenvalue weighted by Gasteiger charge is 2.17. The van der Waals surface area contributed by atoms with Crippen LogP contribution in [0.4, 0.5) is 0 Å². The number of nitrogens with zero attached hydrogens (tertiary/aromatic N) is 1. The molecule has 1 aromatic carbocycles. The molecule has 1 N–H and O–H groups in total. The molecule has 0 fully saturated rings. The Hall–Kier alpha value is -2.13. The Morgan fingerprint density at radius 3 is 2.70 bits per heavy atom. The number of nitrogens with one attached hydrogen (secondary N) is 1. The first-order valence-electron chi connectivity index (χ1n) is 6.91. The van der Waals surface area contributed by atoms with Gasteiger partial charge in [0.25, 0.3) is 0 Å². The van der Waals surface area contributed by atoms with E-state index in [4.69, 9.17) is 4.42 Å². The number of rotatable bonds is 4. The van der Waals surface area contributed by atoms with Gasteiger partial charge in [0, 0.05) is 17.8 Å². The molecule has 0 spiro atoms. The van der Waals surface area contributed by atoms with Crippen LogP contribution >= 0.6 is 0 Å². The van der Waals surface area contributed by atoms with Gasteiger partial charge < -0.3 is 9.73 Å². The van der Waals surface area contributed by atoms with Crippen LogP contribution < -0.4 is 5.32 Å². The Labute approximate surface area is 118 Å². The van der Waals surface area contributed by atoms with E-state index in [1.165, 1.54) is 5.56 Å². The third kappa shape index (κ3) is 2.45. The lowest BCUT2D eigenvalue weighted by Gasteiger charge is -2.15. The van der Waals surface area contributed by atoms with Crippen molar-refractivity contribution >= 4 is 11.0 Å². The van der Waals surface area contributed by atoms with E-state index >= 15 is 0 Å². The molecular weight excluding hydrogens is 248 g/mol. The van der Waals surface area contributed by atoms with E-state index in [2.05, 4.69) is 42.3 Å². The predicted octanol–water partition coefficient (Wildman–Crippen LogP) is 3.84. The summed E-state index contributed by atoms with van der Waals surface area (Å²) in [6.45, 7) is 5.07. The number of fused-ring (bicyclic) bond motifs is 1. The summed E-state index contributed by atoms with van der Waals surface area (Å²) < 4.78 is 6.01. The van der Waals surface area contributed by atoms with Crippen molar-refractivity contribution < 1.29 is 4.42 Å². The minimum absolute atomic E-state index is 0.0655. The second-order valence-corrected chi connectivity index (χ2v) is 4.96. The molecule has 0 aliphatic rings. The smallest absolute Gasteiger partial charge is 0.134 e. The average Bonchev–Trinajstić information content (AvgIpc) is 2.88. The van der Waals surface area contributed by atoms with Crippen LogP contribution in [0, 0.1) is 6.92 Å². The van der Waals surface area contributed by atoms with Crippen molar-refractivity contribution in [1.29, 1.82) is 0 Å². The Balaban J connectivity index is 2.05. The fraction of sp³-hybridized carbons (Fsp3) is 0.235. The maximum Gasteiger partial charge on any atom is 0.134 e. The van der Waals surface area contributed by atoms with Crippen LogP contribution in [0.1, 0.15) is 29.9 Å². The lowest BCUT2D eigenvalue weighted by molar-refractivity contribution is 0.477. The second-order valence-electron chi connectivity index (χ2n) is 4.96. The van der Waals surface area contributed by atoms with Crippen molar-refractivity contribution in [3.63, 3.8) is 0 Å². The van der Waals surface area contributed by atoms with Crippen LogP contribution in [-0.2, 0) is 0 Å². The standard InChI is InChI=1S/C17H18N2O/c1-3-19-17(13-6-8-18-9-7-13)16-11-14-10-12(2)4-5-15(14)20-16/h4-11,17,19H,3H2,1-2H3. The van der Waals surface area contributed by atoms with Gasteiger partial charge in [-0.3, -0.25) is 4.98 Å². The topological polar surface area (TPSA) is 38.1 Å². The SMILES string of the molecule is CCNC(c1ccncc1)c1cc2cc(C)ccc2o1. The molecular formula is C17H18N2O. The van der Waals surface area contributed by atoms with Crippen molar-refractivity contribution in [2.45, 2.75) is 19.9 Å². The quantitative estimate of drug-likeness (QED) is 0.779. The Kier molecular flexibility index (Phi) is 3.52. The molecule has 0 amide bonds. The van der Waals surface area contributed by atoms with Crippen LogP contribution in [-0.4, -0.2) is 11.5 Å². The maximum atomic E-state index is 6.01. The molecule has 0 bridgehead atoms. The molecule has 102 valence electrons. The molecule has 3 heteroatoms. The van der Waals surface area contributed by atoms with Crippen molar-refractivity contribution in [2.24, 2.45) is 0 Å². The molecule has 1 atom stereocenters. The zero-order valence-electron chi connectivity index (χ0n) is 11.8. The lowest BCUT2D eigenvalue weighted by atomic mass is 10.1. The van der Waals surface area contributed by atoms with Crippen molar-refractivity contribution in [3.05, 3.63) is 65.7 Å². The van der Waals surface area contributed by atoms with Crippen molar-refractivity contribution in [2.75, 3.05) is 6.54 Å². The number of benzene rings is 1. The average molecular weight is 266 g/mol. The number of aryl methyl sites for hydroxylation is 1. The molecule has 2 aromatic heterocycles. The summed E-state index contributed by atoms with van der Waals surface area (Å²) in [7, 11) is 0. The molecule has 3 nitrogen and oxygen atoms in total. The van der Waals surface area contributed by atoms with E-state index in [0.29, 0.717) is 0 Å². The first-order chi connectivity index (χ1) is 9.78. The molecule has 3 aromatic rings. The van der Waals surface area contributed by atoms with Gasteiger partial charge in [-0.05, 0) is 49.4 Å². The van der Waals surface area contributed by atoms with E-state index in [0.717, 1.165) is 28.8 Å². The second kappa shape index (κ2) is 5.47. The molecule has 1 unspecified atom stereocenters. The van der Waals surface area contributed by atoms with E-state index in [1.807, 2.05) is 30.6 Å². The van der Waals surface area contributed by atoms with Crippen LogP contribution in [0.5, 0.6) is 0 Å². The molecule has 0 aliphatic heterocycles. The van der Waals surface area contributed by atoms with Gasteiger partial charge in [0.15, 0.2) is 0 Å². The number of hydrogen-bond acceptors (Lipinski definition) is 3. The molecule has 0 saturated carbocycles. The minimum atomic E-state index is 0.0655. The molecule has 0 aliphatic carbocycles. The molecule has 2 heterocycles. The number of hydrogen-bond donors (Lipinski definition) is 1. The fourth-order valence-electron chi connectivity index (χ4n) is 2.47. The Morgan fingerprint density at radius 2 is 1.95 bits per heavy atom. The first kappa shape index (κ1) is 12.9. The monoisotopic (exact) mass is 266 g/mol. The predicted molar refractivity (Wildman–Crippen MR) is 80.7 cm³/mol.